The largest absolute Gasteiger partial charge is 1.00 e. The molecule has 126 valence electrons. The van der Waals surface area contributed by atoms with Crippen LogP contribution in [0.25, 0.3) is 0 Å². The van der Waals surface area contributed by atoms with Crippen molar-refractivity contribution in [1.29, 1.82) is 0 Å². The van der Waals surface area contributed by atoms with E-state index in [0.29, 0.717) is 6.07 Å². The molecule has 0 radical (unpaired) electrons. The highest BCUT2D eigenvalue weighted by molar-refractivity contribution is 5.91. The molecule has 1 aromatic carbocycles. The van der Waals surface area contributed by atoms with Gasteiger partial charge in [0, 0.05) is 0 Å². The van der Waals surface area contributed by atoms with E-state index in [9.17, 15) is 31.1 Å². The van der Waals surface area contributed by atoms with E-state index in [-0.39, 0.29) is 12.4 Å². The number of rotatable bonds is 5. The van der Waals surface area contributed by atoms with Crippen LogP contribution in [0.2, 0.25) is 0 Å². The van der Waals surface area contributed by atoms with Gasteiger partial charge in [0.2, 0.25) is 0 Å². The number of halogens is 7. The Labute approximate surface area is 126 Å². The van der Waals surface area contributed by atoms with Crippen molar-refractivity contribution in [2.75, 3.05) is 13.2 Å². The lowest BCUT2D eigenvalue weighted by molar-refractivity contribution is -0.154. The molecule has 0 bridgehead atoms. The average Bonchev–Trinajstić information content (AvgIpc) is 2.32. The predicted octanol–water partition coefficient (Wildman–Crippen LogP) is 0.271. The Hall–Kier alpha value is -1.84. The third-order valence-corrected chi connectivity index (χ3v) is 1.98. The minimum Gasteiger partial charge on any atom is -1.00 e. The molecule has 1 N–H and O–H groups in total. The maximum absolute atomic E-state index is 12.0. The number of carbonyl (C=O) groups is 1. The summed E-state index contributed by atoms with van der Waals surface area (Å²) in [4.78, 5) is 10.9. The first-order chi connectivity index (χ1) is 9.48. The molecule has 0 fully saturated rings. The van der Waals surface area contributed by atoms with Crippen LogP contribution in [-0.2, 0) is 0 Å². The highest BCUT2D eigenvalue weighted by Gasteiger charge is 2.30. The van der Waals surface area contributed by atoms with Crippen LogP contribution in [0.5, 0.6) is 11.5 Å². The van der Waals surface area contributed by atoms with Crippen LogP contribution in [0.15, 0.2) is 18.2 Å². The van der Waals surface area contributed by atoms with Gasteiger partial charge in [0.25, 0.3) is 0 Å². The standard InChI is InChI=1S/C11H8F6O4.ClH/c12-10(13,14)4-20-6-1-2-8(7(3-6)9(18)19)21-5-11(15,16)17;/h1-3H,4-5H2,(H,18,19);1H/p-1. The van der Waals surface area contributed by atoms with E-state index in [1.54, 1.807) is 0 Å². The van der Waals surface area contributed by atoms with E-state index in [4.69, 9.17) is 5.11 Å². The van der Waals surface area contributed by atoms with Gasteiger partial charge in [-0.2, -0.15) is 26.3 Å². The molecule has 0 spiro atoms. The van der Waals surface area contributed by atoms with Gasteiger partial charge in [0.05, 0.1) is 0 Å². The highest BCUT2D eigenvalue weighted by Crippen LogP contribution is 2.27. The minimum absolute atomic E-state index is 0. The number of benzene rings is 1. The van der Waals surface area contributed by atoms with Crippen molar-refractivity contribution in [1.82, 2.24) is 0 Å². The number of carboxylic acid groups (broad SMARTS) is 1. The van der Waals surface area contributed by atoms with Crippen molar-refractivity contribution >= 4 is 5.97 Å². The molecule has 4 nitrogen and oxygen atoms in total. The fraction of sp³-hybridized carbons (Fsp3) is 0.364. The van der Waals surface area contributed by atoms with Crippen molar-refractivity contribution < 1.29 is 58.1 Å². The molecule has 0 amide bonds. The SMILES string of the molecule is O=C(O)c1cc(OCC(F)(F)F)ccc1OCC(F)(F)F.[Cl-]. The second-order valence-electron chi connectivity index (χ2n) is 3.77. The van der Waals surface area contributed by atoms with Crippen LogP contribution in [0.1, 0.15) is 10.4 Å². The van der Waals surface area contributed by atoms with Gasteiger partial charge in [0.15, 0.2) is 13.2 Å². The first-order valence-electron chi connectivity index (χ1n) is 5.24. The van der Waals surface area contributed by atoms with E-state index in [0.717, 1.165) is 12.1 Å². The van der Waals surface area contributed by atoms with Crippen molar-refractivity contribution in [3.8, 4) is 11.5 Å². The number of ether oxygens (including phenoxy) is 2. The topological polar surface area (TPSA) is 55.8 Å². The molecule has 0 saturated heterocycles. The monoisotopic (exact) mass is 353 g/mol. The Morgan fingerprint density at radius 2 is 1.50 bits per heavy atom. The maximum Gasteiger partial charge on any atom is 0.422 e. The van der Waals surface area contributed by atoms with Crippen LogP contribution in [0.4, 0.5) is 26.3 Å². The molecule has 0 aliphatic heterocycles. The van der Waals surface area contributed by atoms with E-state index < -0.39 is 48.6 Å². The summed E-state index contributed by atoms with van der Waals surface area (Å²) in [5.74, 6) is -2.74. The summed E-state index contributed by atoms with van der Waals surface area (Å²) in [6, 6.07) is 2.32. The van der Waals surface area contributed by atoms with Gasteiger partial charge < -0.3 is 27.0 Å². The van der Waals surface area contributed by atoms with Gasteiger partial charge in [-0.3, -0.25) is 0 Å². The van der Waals surface area contributed by atoms with Gasteiger partial charge in [-0.05, 0) is 18.2 Å². The first-order valence-corrected chi connectivity index (χ1v) is 5.24. The molecule has 1 aromatic rings. The average molecular weight is 354 g/mol. The molecular weight excluding hydrogens is 346 g/mol. The molecule has 0 aliphatic rings. The molecule has 0 atom stereocenters. The van der Waals surface area contributed by atoms with Crippen LogP contribution < -0.4 is 21.9 Å². The van der Waals surface area contributed by atoms with Gasteiger partial charge in [-0.25, -0.2) is 4.79 Å². The van der Waals surface area contributed by atoms with Crippen molar-refractivity contribution in [2.24, 2.45) is 0 Å². The normalized spacial score (nSPS) is 11.5. The fourth-order valence-electron chi connectivity index (χ4n) is 1.22. The zero-order valence-electron chi connectivity index (χ0n) is 10.5. The molecule has 0 aromatic heterocycles. The fourth-order valence-corrected chi connectivity index (χ4v) is 1.22. The van der Waals surface area contributed by atoms with Crippen molar-refractivity contribution in [3.63, 3.8) is 0 Å². The van der Waals surface area contributed by atoms with Gasteiger partial charge in [-0.15, -0.1) is 0 Å². The minimum atomic E-state index is -4.68. The molecular formula is C11H8ClF6O4-. The van der Waals surface area contributed by atoms with Crippen LogP contribution in [0, 0.1) is 0 Å². The van der Waals surface area contributed by atoms with E-state index >= 15 is 0 Å². The highest BCUT2D eigenvalue weighted by atomic mass is 35.5. The van der Waals surface area contributed by atoms with Crippen LogP contribution >= 0.6 is 0 Å². The second-order valence-corrected chi connectivity index (χ2v) is 3.77. The molecule has 0 saturated carbocycles. The Morgan fingerprint density at radius 1 is 1.00 bits per heavy atom. The van der Waals surface area contributed by atoms with Crippen LogP contribution in [-0.4, -0.2) is 36.6 Å². The summed E-state index contributed by atoms with van der Waals surface area (Å²) in [5.41, 5.74) is -0.737. The zero-order valence-corrected chi connectivity index (χ0v) is 11.2. The summed E-state index contributed by atoms with van der Waals surface area (Å²) < 4.78 is 80.3. The summed E-state index contributed by atoms with van der Waals surface area (Å²) >= 11 is 0. The van der Waals surface area contributed by atoms with E-state index in [2.05, 4.69) is 9.47 Å². The first kappa shape index (κ1) is 20.2. The van der Waals surface area contributed by atoms with Gasteiger partial charge in [-0.1, -0.05) is 0 Å². The smallest absolute Gasteiger partial charge is 0.422 e. The lowest BCUT2D eigenvalue weighted by Gasteiger charge is -2.13. The zero-order chi connectivity index (χ0) is 16.3. The molecule has 1 rings (SSSR count). The van der Waals surface area contributed by atoms with E-state index in [1.165, 1.54) is 0 Å². The Balaban J connectivity index is 0.00000441. The summed E-state index contributed by atoms with van der Waals surface area (Å²) in [5, 5.41) is 8.81. The Bertz CT molecular complexity index is 514. The quantitative estimate of drug-likeness (QED) is 0.772. The second kappa shape index (κ2) is 7.43. The molecule has 0 aliphatic carbocycles. The van der Waals surface area contributed by atoms with Gasteiger partial charge >= 0.3 is 18.3 Å². The predicted molar refractivity (Wildman–Crippen MR) is 56.5 cm³/mol. The van der Waals surface area contributed by atoms with Gasteiger partial charge in [0.1, 0.15) is 17.1 Å². The number of hydrogen-bond donors (Lipinski definition) is 1. The Kier molecular flexibility index (Phi) is 6.81. The van der Waals surface area contributed by atoms with E-state index in [1.807, 2.05) is 0 Å². The lowest BCUT2D eigenvalue weighted by Crippen LogP contribution is -3.00. The summed E-state index contributed by atoms with van der Waals surface area (Å²) in [6.45, 7) is -3.38. The third-order valence-electron chi connectivity index (χ3n) is 1.98. The third kappa shape index (κ3) is 7.25. The molecule has 0 heterocycles. The Morgan fingerprint density at radius 3 is 1.95 bits per heavy atom. The van der Waals surface area contributed by atoms with Crippen LogP contribution in [0.3, 0.4) is 0 Å². The molecule has 0 unspecified atom stereocenters. The van der Waals surface area contributed by atoms with Crippen molar-refractivity contribution in [3.05, 3.63) is 23.8 Å². The van der Waals surface area contributed by atoms with Crippen molar-refractivity contribution in [2.45, 2.75) is 12.4 Å². The molecule has 11 heteroatoms. The molecule has 22 heavy (non-hydrogen) atoms. The number of alkyl halides is 6. The maximum atomic E-state index is 12.0. The summed E-state index contributed by atoms with van der Waals surface area (Å²) in [7, 11) is 0. The summed E-state index contributed by atoms with van der Waals surface area (Å²) in [6.07, 6.45) is -9.31. The number of aromatic carboxylic acids is 1. The number of hydrogen-bond acceptors (Lipinski definition) is 3. The lowest BCUT2D eigenvalue weighted by atomic mass is 10.2. The number of carboxylic acids is 1.